The summed E-state index contributed by atoms with van der Waals surface area (Å²) < 4.78 is 0. The van der Waals surface area contributed by atoms with Crippen molar-refractivity contribution in [3.05, 3.63) is 71.3 Å². The second-order valence-corrected chi connectivity index (χ2v) is 5.18. The molecule has 0 bridgehead atoms. The number of nitrogens with one attached hydrogen (secondary N) is 2. The molecule has 0 radical (unpaired) electrons. The topological polar surface area (TPSA) is 24.1 Å². The van der Waals surface area contributed by atoms with Crippen molar-refractivity contribution < 1.29 is 0 Å². The van der Waals surface area contributed by atoms with E-state index in [9.17, 15) is 0 Å². The van der Waals surface area contributed by atoms with Crippen molar-refractivity contribution in [2.75, 3.05) is 6.54 Å². The van der Waals surface area contributed by atoms with Crippen molar-refractivity contribution in [1.29, 1.82) is 0 Å². The predicted molar refractivity (Wildman–Crippen MR) is 88.8 cm³/mol. The Hall–Kier alpha value is -1.87. The van der Waals surface area contributed by atoms with Crippen molar-refractivity contribution in [2.24, 2.45) is 0 Å². The van der Waals surface area contributed by atoms with Gasteiger partial charge in [0.1, 0.15) is 0 Å². The van der Waals surface area contributed by atoms with E-state index in [1.807, 2.05) is 18.2 Å². The lowest BCUT2D eigenvalue weighted by Gasteiger charge is -2.11. The lowest BCUT2D eigenvalue weighted by molar-refractivity contribution is 0.812. The molecule has 0 spiro atoms. The number of thiocarbonyl (C=S) groups is 1. The summed E-state index contributed by atoms with van der Waals surface area (Å²) in [7, 11) is 0. The summed E-state index contributed by atoms with van der Waals surface area (Å²) in [6.45, 7) is 3.75. The summed E-state index contributed by atoms with van der Waals surface area (Å²) in [6, 6.07) is 18.7. The van der Waals surface area contributed by atoms with E-state index < -0.39 is 0 Å². The minimum absolute atomic E-state index is 0.711. The van der Waals surface area contributed by atoms with E-state index in [4.69, 9.17) is 12.2 Å². The quantitative estimate of drug-likeness (QED) is 0.825. The van der Waals surface area contributed by atoms with Gasteiger partial charge in [-0.3, -0.25) is 0 Å². The average Bonchev–Trinajstić information content (AvgIpc) is 2.48. The van der Waals surface area contributed by atoms with Gasteiger partial charge in [-0.1, -0.05) is 54.6 Å². The van der Waals surface area contributed by atoms with E-state index in [0.29, 0.717) is 5.11 Å². The van der Waals surface area contributed by atoms with Crippen LogP contribution in [0.1, 0.15) is 16.7 Å². The molecule has 0 heterocycles. The third-order valence-corrected chi connectivity index (χ3v) is 3.53. The fourth-order valence-electron chi connectivity index (χ4n) is 2.04. The van der Waals surface area contributed by atoms with Crippen molar-refractivity contribution in [3.63, 3.8) is 0 Å². The fourth-order valence-corrected chi connectivity index (χ4v) is 2.22. The smallest absolute Gasteiger partial charge is 0.166 e. The van der Waals surface area contributed by atoms with Gasteiger partial charge >= 0.3 is 0 Å². The van der Waals surface area contributed by atoms with Gasteiger partial charge in [0.25, 0.3) is 0 Å². The van der Waals surface area contributed by atoms with Crippen LogP contribution in [-0.4, -0.2) is 11.7 Å². The molecule has 2 nitrogen and oxygen atoms in total. The molecule has 2 aromatic rings. The van der Waals surface area contributed by atoms with Gasteiger partial charge in [0, 0.05) is 13.1 Å². The summed E-state index contributed by atoms with van der Waals surface area (Å²) >= 11 is 5.28. The molecule has 0 atom stereocenters. The molecular formula is C17H20N2S. The third-order valence-electron chi connectivity index (χ3n) is 3.24. The molecule has 2 rings (SSSR count). The van der Waals surface area contributed by atoms with Gasteiger partial charge in [0.15, 0.2) is 5.11 Å². The van der Waals surface area contributed by atoms with Crippen LogP contribution in [0.25, 0.3) is 0 Å². The second-order valence-electron chi connectivity index (χ2n) is 4.77. The van der Waals surface area contributed by atoms with Crippen LogP contribution in [-0.2, 0) is 13.0 Å². The van der Waals surface area contributed by atoms with Gasteiger partial charge in [-0.25, -0.2) is 0 Å². The van der Waals surface area contributed by atoms with Crippen LogP contribution in [0.2, 0.25) is 0 Å². The zero-order valence-electron chi connectivity index (χ0n) is 11.7. The van der Waals surface area contributed by atoms with E-state index >= 15 is 0 Å². The van der Waals surface area contributed by atoms with E-state index in [2.05, 4.69) is 54.0 Å². The zero-order valence-corrected chi connectivity index (χ0v) is 12.5. The van der Waals surface area contributed by atoms with Crippen LogP contribution in [0.5, 0.6) is 0 Å². The number of benzene rings is 2. The molecule has 0 fully saturated rings. The van der Waals surface area contributed by atoms with Crippen molar-refractivity contribution in [1.82, 2.24) is 10.6 Å². The van der Waals surface area contributed by atoms with Gasteiger partial charge in [-0.05, 0) is 42.3 Å². The first-order valence-electron chi connectivity index (χ1n) is 6.86. The molecule has 0 aromatic heterocycles. The highest BCUT2D eigenvalue weighted by Gasteiger charge is 1.99. The molecule has 104 valence electrons. The summed E-state index contributed by atoms with van der Waals surface area (Å²) in [5.41, 5.74) is 3.93. The molecule has 0 amide bonds. The number of rotatable bonds is 5. The van der Waals surface area contributed by atoms with Crippen LogP contribution in [0.15, 0.2) is 54.6 Å². The maximum Gasteiger partial charge on any atom is 0.166 e. The monoisotopic (exact) mass is 284 g/mol. The first-order valence-corrected chi connectivity index (χ1v) is 7.26. The molecule has 0 aliphatic rings. The van der Waals surface area contributed by atoms with Gasteiger partial charge < -0.3 is 10.6 Å². The minimum atomic E-state index is 0.711. The second kappa shape index (κ2) is 7.65. The highest BCUT2D eigenvalue weighted by molar-refractivity contribution is 7.80. The normalized spacial score (nSPS) is 10.1. The Balaban J connectivity index is 1.69. The van der Waals surface area contributed by atoms with Gasteiger partial charge in [0.2, 0.25) is 0 Å². The summed E-state index contributed by atoms with van der Waals surface area (Å²) in [4.78, 5) is 0. The van der Waals surface area contributed by atoms with Crippen LogP contribution in [0, 0.1) is 6.92 Å². The first kappa shape index (κ1) is 14.5. The standard InChI is InChI=1S/C17H20N2S/c1-14-7-5-6-10-16(14)11-12-18-17(20)19-13-15-8-3-2-4-9-15/h2-10H,11-13H2,1H3,(H2,18,19,20). The zero-order chi connectivity index (χ0) is 14.2. The molecule has 3 heteroatoms. The molecule has 0 aliphatic carbocycles. The highest BCUT2D eigenvalue weighted by atomic mass is 32.1. The molecule has 0 saturated heterocycles. The molecule has 0 aliphatic heterocycles. The SMILES string of the molecule is Cc1ccccc1CCNC(=S)NCc1ccccc1. The minimum Gasteiger partial charge on any atom is -0.362 e. The van der Waals surface area contributed by atoms with Crippen LogP contribution in [0.3, 0.4) is 0 Å². The lowest BCUT2D eigenvalue weighted by atomic mass is 10.1. The van der Waals surface area contributed by atoms with Crippen molar-refractivity contribution >= 4 is 17.3 Å². The predicted octanol–water partition coefficient (Wildman–Crippen LogP) is 3.20. The van der Waals surface area contributed by atoms with Crippen LogP contribution in [0.4, 0.5) is 0 Å². The summed E-state index contributed by atoms with van der Waals surface area (Å²) in [5, 5.41) is 7.18. The maximum atomic E-state index is 5.28. The molecule has 20 heavy (non-hydrogen) atoms. The highest BCUT2D eigenvalue weighted by Crippen LogP contribution is 2.06. The summed E-state index contributed by atoms with van der Waals surface area (Å²) in [6.07, 6.45) is 0.986. The lowest BCUT2D eigenvalue weighted by Crippen LogP contribution is -2.35. The third kappa shape index (κ3) is 4.67. The molecule has 2 N–H and O–H groups in total. The Kier molecular flexibility index (Phi) is 5.56. The number of hydrogen-bond donors (Lipinski definition) is 2. The number of aryl methyl sites for hydroxylation is 1. The van der Waals surface area contributed by atoms with E-state index in [0.717, 1.165) is 19.5 Å². The Morgan fingerprint density at radius 2 is 1.65 bits per heavy atom. The number of hydrogen-bond acceptors (Lipinski definition) is 1. The van der Waals surface area contributed by atoms with Crippen molar-refractivity contribution in [3.8, 4) is 0 Å². The Bertz CT molecular complexity index is 552. The Morgan fingerprint density at radius 3 is 2.40 bits per heavy atom. The maximum absolute atomic E-state index is 5.28. The summed E-state index contributed by atoms with van der Waals surface area (Å²) in [5.74, 6) is 0. The van der Waals surface area contributed by atoms with Gasteiger partial charge in [-0.15, -0.1) is 0 Å². The van der Waals surface area contributed by atoms with Gasteiger partial charge in [0.05, 0.1) is 0 Å². The van der Waals surface area contributed by atoms with E-state index in [1.54, 1.807) is 0 Å². The van der Waals surface area contributed by atoms with E-state index in [1.165, 1.54) is 16.7 Å². The van der Waals surface area contributed by atoms with Gasteiger partial charge in [-0.2, -0.15) is 0 Å². The molecule has 0 saturated carbocycles. The van der Waals surface area contributed by atoms with Crippen LogP contribution < -0.4 is 10.6 Å². The Morgan fingerprint density at radius 1 is 0.950 bits per heavy atom. The van der Waals surface area contributed by atoms with Crippen LogP contribution >= 0.6 is 12.2 Å². The Labute approximate surface area is 126 Å². The molecule has 0 unspecified atom stereocenters. The fraction of sp³-hybridized carbons (Fsp3) is 0.235. The first-order chi connectivity index (χ1) is 9.75. The molecule has 2 aromatic carbocycles. The largest absolute Gasteiger partial charge is 0.362 e. The van der Waals surface area contributed by atoms with Crippen molar-refractivity contribution in [2.45, 2.75) is 19.9 Å². The van der Waals surface area contributed by atoms with E-state index in [-0.39, 0.29) is 0 Å². The average molecular weight is 284 g/mol. The molecular weight excluding hydrogens is 264 g/mol.